The minimum absolute atomic E-state index is 0. The molecule has 0 aliphatic heterocycles. The van der Waals surface area contributed by atoms with Crippen LogP contribution in [0.25, 0.3) is 0 Å². The fourth-order valence-electron chi connectivity index (χ4n) is 1.66. The highest BCUT2D eigenvalue weighted by Gasteiger charge is 2.44. The Kier molecular flexibility index (Phi) is 4.54. The van der Waals surface area contributed by atoms with Gasteiger partial charge in [-0.15, -0.1) is 12.4 Å². The second-order valence-electron chi connectivity index (χ2n) is 4.75. The molecule has 1 saturated carbocycles. The maximum atomic E-state index is 11.8. The van der Waals surface area contributed by atoms with E-state index in [0.29, 0.717) is 0 Å². The summed E-state index contributed by atoms with van der Waals surface area (Å²) >= 11 is 0. The van der Waals surface area contributed by atoms with Gasteiger partial charge in [-0.05, 0) is 37.6 Å². The molecule has 1 aliphatic carbocycles. The maximum absolute atomic E-state index is 11.8. The van der Waals surface area contributed by atoms with Crippen LogP contribution in [0.5, 0.6) is 0 Å². The number of carbonyl (C=O) groups excluding carboxylic acids is 1. The Bertz CT molecular complexity index is 402. The summed E-state index contributed by atoms with van der Waals surface area (Å²) in [5, 5.41) is 6.07. The Morgan fingerprint density at radius 1 is 1.41 bits per heavy atom. The van der Waals surface area contributed by atoms with Crippen molar-refractivity contribution < 1.29 is 4.79 Å². The molecule has 1 aliphatic rings. The minimum atomic E-state index is -0.112. The van der Waals surface area contributed by atoms with Crippen molar-refractivity contribution in [1.29, 1.82) is 0 Å². The Labute approximate surface area is 108 Å². The van der Waals surface area contributed by atoms with E-state index in [1.165, 1.54) is 5.56 Å². The molecule has 0 radical (unpaired) electrons. The van der Waals surface area contributed by atoms with Gasteiger partial charge >= 0.3 is 0 Å². The number of hydrogen-bond acceptors (Lipinski definition) is 2. The summed E-state index contributed by atoms with van der Waals surface area (Å²) in [7, 11) is 1.91. The van der Waals surface area contributed by atoms with Crippen LogP contribution in [0.15, 0.2) is 24.3 Å². The average Bonchev–Trinajstić information content (AvgIpc) is 2.99. The van der Waals surface area contributed by atoms with Gasteiger partial charge < -0.3 is 10.6 Å². The number of amides is 1. The molecule has 0 heterocycles. The van der Waals surface area contributed by atoms with E-state index in [9.17, 15) is 4.79 Å². The van der Waals surface area contributed by atoms with Crippen LogP contribution in [0.4, 0.5) is 5.69 Å². The van der Waals surface area contributed by atoms with Gasteiger partial charge in [-0.2, -0.15) is 0 Å². The molecule has 0 spiro atoms. The monoisotopic (exact) mass is 254 g/mol. The van der Waals surface area contributed by atoms with Gasteiger partial charge in [-0.25, -0.2) is 0 Å². The lowest BCUT2D eigenvalue weighted by Crippen LogP contribution is -2.21. The van der Waals surface area contributed by atoms with Gasteiger partial charge in [0.05, 0.1) is 0 Å². The van der Waals surface area contributed by atoms with Crippen molar-refractivity contribution in [2.24, 2.45) is 5.41 Å². The quantitative estimate of drug-likeness (QED) is 0.867. The second-order valence-corrected chi connectivity index (χ2v) is 4.75. The third-order valence-electron chi connectivity index (χ3n) is 3.11. The smallest absolute Gasteiger partial charge is 0.230 e. The van der Waals surface area contributed by atoms with Gasteiger partial charge in [0.2, 0.25) is 5.91 Å². The van der Waals surface area contributed by atoms with Crippen molar-refractivity contribution in [2.75, 3.05) is 12.4 Å². The van der Waals surface area contributed by atoms with Crippen LogP contribution in [-0.2, 0) is 11.3 Å². The number of carbonyl (C=O) groups is 1. The Morgan fingerprint density at radius 2 is 2.12 bits per heavy atom. The van der Waals surface area contributed by atoms with Crippen molar-refractivity contribution >= 4 is 24.0 Å². The van der Waals surface area contributed by atoms with E-state index >= 15 is 0 Å². The summed E-state index contributed by atoms with van der Waals surface area (Å²) in [6.45, 7) is 2.83. The van der Waals surface area contributed by atoms with E-state index in [4.69, 9.17) is 0 Å². The molecule has 1 amide bonds. The molecule has 0 unspecified atom stereocenters. The first kappa shape index (κ1) is 14.0. The summed E-state index contributed by atoms with van der Waals surface area (Å²) in [5.74, 6) is 0.147. The number of rotatable bonds is 4. The zero-order chi connectivity index (χ0) is 11.6. The van der Waals surface area contributed by atoms with E-state index in [2.05, 4.69) is 10.6 Å². The summed E-state index contributed by atoms with van der Waals surface area (Å²) < 4.78 is 0. The molecular weight excluding hydrogens is 236 g/mol. The molecule has 4 heteroatoms. The van der Waals surface area contributed by atoms with Crippen LogP contribution < -0.4 is 10.6 Å². The van der Waals surface area contributed by atoms with Gasteiger partial charge in [0.25, 0.3) is 0 Å². The lowest BCUT2D eigenvalue weighted by molar-refractivity contribution is -0.120. The molecule has 2 rings (SSSR count). The molecule has 0 atom stereocenters. The van der Waals surface area contributed by atoms with Crippen LogP contribution in [0, 0.1) is 5.41 Å². The standard InChI is InChI=1S/C13H18N2O.ClH/c1-13(6-7-13)12(16)15-11-5-3-4-10(8-11)9-14-2;/h3-5,8,14H,6-7,9H2,1-2H3,(H,15,16);1H. The number of anilines is 1. The van der Waals surface area contributed by atoms with Crippen molar-refractivity contribution in [3.8, 4) is 0 Å². The van der Waals surface area contributed by atoms with Crippen molar-refractivity contribution in [1.82, 2.24) is 5.32 Å². The van der Waals surface area contributed by atoms with Gasteiger partial charge in [-0.1, -0.05) is 19.1 Å². The number of halogens is 1. The molecule has 2 N–H and O–H groups in total. The first-order valence-electron chi connectivity index (χ1n) is 5.69. The third kappa shape index (κ3) is 3.45. The topological polar surface area (TPSA) is 41.1 Å². The number of benzene rings is 1. The average molecular weight is 255 g/mol. The third-order valence-corrected chi connectivity index (χ3v) is 3.11. The van der Waals surface area contributed by atoms with Crippen LogP contribution in [0.3, 0.4) is 0 Å². The molecule has 0 saturated heterocycles. The zero-order valence-corrected chi connectivity index (χ0v) is 11.1. The largest absolute Gasteiger partial charge is 0.326 e. The molecule has 1 fully saturated rings. The highest BCUT2D eigenvalue weighted by Crippen LogP contribution is 2.45. The molecule has 0 aromatic heterocycles. The summed E-state index contributed by atoms with van der Waals surface area (Å²) in [4.78, 5) is 11.8. The molecule has 94 valence electrons. The van der Waals surface area contributed by atoms with E-state index in [-0.39, 0.29) is 23.7 Å². The first-order chi connectivity index (χ1) is 7.64. The zero-order valence-electron chi connectivity index (χ0n) is 10.2. The van der Waals surface area contributed by atoms with Crippen molar-refractivity contribution in [2.45, 2.75) is 26.3 Å². The molecule has 0 bridgehead atoms. The van der Waals surface area contributed by atoms with E-state index < -0.39 is 0 Å². The van der Waals surface area contributed by atoms with Gasteiger partial charge in [0.15, 0.2) is 0 Å². The van der Waals surface area contributed by atoms with Crippen LogP contribution in [0.1, 0.15) is 25.3 Å². The molecule has 1 aromatic carbocycles. The van der Waals surface area contributed by atoms with Crippen molar-refractivity contribution in [3.05, 3.63) is 29.8 Å². The highest BCUT2D eigenvalue weighted by atomic mass is 35.5. The SMILES string of the molecule is CNCc1cccc(NC(=O)C2(C)CC2)c1.Cl. The summed E-state index contributed by atoms with van der Waals surface area (Å²) in [6, 6.07) is 7.96. The fourth-order valence-corrected chi connectivity index (χ4v) is 1.66. The van der Waals surface area contributed by atoms with E-state index in [1.807, 2.05) is 38.2 Å². The Hall–Kier alpha value is -1.06. The first-order valence-corrected chi connectivity index (χ1v) is 5.69. The maximum Gasteiger partial charge on any atom is 0.230 e. The van der Waals surface area contributed by atoms with Crippen molar-refractivity contribution in [3.63, 3.8) is 0 Å². The van der Waals surface area contributed by atoms with Gasteiger partial charge in [-0.3, -0.25) is 4.79 Å². The molecule has 1 aromatic rings. The normalized spacial score (nSPS) is 15.9. The fraction of sp³-hybridized carbons (Fsp3) is 0.462. The van der Waals surface area contributed by atoms with E-state index in [0.717, 1.165) is 25.1 Å². The predicted molar refractivity (Wildman–Crippen MR) is 72.4 cm³/mol. The van der Waals surface area contributed by atoms with Crippen LogP contribution in [-0.4, -0.2) is 13.0 Å². The highest BCUT2D eigenvalue weighted by molar-refractivity contribution is 5.96. The summed E-state index contributed by atoms with van der Waals surface area (Å²) in [5.41, 5.74) is 1.96. The Morgan fingerprint density at radius 3 is 2.71 bits per heavy atom. The number of hydrogen-bond donors (Lipinski definition) is 2. The summed E-state index contributed by atoms with van der Waals surface area (Å²) in [6.07, 6.45) is 2.02. The van der Waals surface area contributed by atoms with Crippen LogP contribution >= 0.6 is 12.4 Å². The molecule has 3 nitrogen and oxygen atoms in total. The number of nitrogens with one attached hydrogen (secondary N) is 2. The van der Waals surface area contributed by atoms with Gasteiger partial charge in [0.1, 0.15) is 0 Å². The lowest BCUT2D eigenvalue weighted by Gasteiger charge is -2.10. The Balaban J connectivity index is 0.00000144. The lowest BCUT2D eigenvalue weighted by atomic mass is 10.1. The van der Waals surface area contributed by atoms with Crippen LogP contribution in [0.2, 0.25) is 0 Å². The molecule has 17 heavy (non-hydrogen) atoms. The second kappa shape index (κ2) is 5.52. The van der Waals surface area contributed by atoms with Gasteiger partial charge in [0, 0.05) is 17.6 Å². The van der Waals surface area contributed by atoms with E-state index in [1.54, 1.807) is 0 Å². The molecular formula is C13H19ClN2O. The predicted octanol–water partition coefficient (Wildman–Crippen LogP) is 2.57. The minimum Gasteiger partial charge on any atom is -0.326 e.